The standard InChI is InChI=1S/C18H15N7O3/c1-25-18(21-23-24-25)11-5-3-10(4-6-11)15-16(20-22-19-15)12-7-13(26-2)17-14(8-12)27-9-28-17/h3-8H,9H2,1-2H3,(H,19,20,22). The highest BCUT2D eigenvalue weighted by Gasteiger charge is 2.23. The number of rotatable bonds is 4. The van der Waals surface area contributed by atoms with Crippen molar-refractivity contribution in [1.29, 1.82) is 0 Å². The molecule has 140 valence electrons. The number of aromatic nitrogens is 7. The lowest BCUT2D eigenvalue weighted by Gasteiger charge is -2.08. The zero-order chi connectivity index (χ0) is 19.1. The summed E-state index contributed by atoms with van der Waals surface area (Å²) in [5.41, 5.74) is 4.02. The number of nitrogens with zero attached hydrogens (tertiary/aromatic N) is 6. The van der Waals surface area contributed by atoms with Crippen LogP contribution in [0.5, 0.6) is 17.2 Å². The van der Waals surface area contributed by atoms with Gasteiger partial charge in [0.25, 0.3) is 0 Å². The molecule has 3 heterocycles. The zero-order valence-electron chi connectivity index (χ0n) is 15.1. The molecule has 0 saturated heterocycles. The summed E-state index contributed by atoms with van der Waals surface area (Å²) in [4.78, 5) is 0. The summed E-state index contributed by atoms with van der Waals surface area (Å²) in [6, 6.07) is 11.5. The van der Waals surface area contributed by atoms with Gasteiger partial charge in [-0.1, -0.05) is 24.3 Å². The van der Waals surface area contributed by atoms with Crippen molar-refractivity contribution in [2.45, 2.75) is 0 Å². The molecule has 2 aromatic carbocycles. The number of fused-ring (bicyclic) bond motifs is 1. The smallest absolute Gasteiger partial charge is 0.231 e. The number of hydrogen-bond donors (Lipinski definition) is 1. The summed E-state index contributed by atoms with van der Waals surface area (Å²) in [6.45, 7) is 0.166. The summed E-state index contributed by atoms with van der Waals surface area (Å²) in [5, 5.41) is 22.9. The molecule has 1 aliphatic rings. The monoisotopic (exact) mass is 377 g/mol. The van der Waals surface area contributed by atoms with Gasteiger partial charge in [-0.05, 0) is 22.6 Å². The molecule has 5 rings (SSSR count). The van der Waals surface area contributed by atoms with Crippen LogP contribution in [0.3, 0.4) is 0 Å². The molecule has 1 aliphatic heterocycles. The Morgan fingerprint density at radius 2 is 1.75 bits per heavy atom. The quantitative estimate of drug-likeness (QED) is 0.575. The number of benzene rings is 2. The van der Waals surface area contributed by atoms with Gasteiger partial charge in [-0.3, -0.25) is 0 Å². The van der Waals surface area contributed by atoms with Crippen molar-refractivity contribution in [3.05, 3.63) is 36.4 Å². The van der Waals surface area contributed by atoms with E-state index in [1.54, 1.807) is 18.8 Å². The van der Waals surface area contributed by atoms with E-state index in [1.165, 1.54) is 0 Å². The Labute approximate surface area is 159 Å². The maximum atomic E-state index is 5.51. The van der Waals surface area contributed by atoms with Gasteiger partial charge >= 0.3 is 0 Å². The number of hydrogen-bond acceptors (Lipinski definition) is 8. The highest BCUT2D eigenvalue weighted by Crippen LogP contribution is 2.45. The van der Waals surface area contributed by atoms with Crippen molar-refractivity contribution in [3.63, 3.8) is 0 Å². The minimum Gasteiger partial charge on any atom is -0.493 e. The fourth-order valence-electron chi connectivity index (χ4n) is 3.15. The zero-order valence-corrected chi connectivity index (χ0v) is 15.1. The second kappa shape index (κ2) is 6.34. The van der Waals surface area contributed by atoms with Crippen LogP contribution in [0.1, 0.15) is 0 Å². The summed E-state index contributed by atoms with van der Waals surface area (Å²) in [7, 11) is 3.39. The van der Waals surface area contributed by atoms with Gasteiger partial charge in [-0.15, -0.1) is 5.10 Å². The first-order valence-corrected chi connectivity index (χ1v) is 8.46. The fourth-order valence-corrected chi connectivity index (χ4v) is 3.15. The molecule has 10 heteroatoms. The number of aromatic amines is 1. The Balaban J connectivity index is 1.55. The lowest BCUT2D eigenvalue weighted by atomic mass is 10.0. The molecule has 0 atom stereocenters. The predicted molar refractivity (Wildman–Crippen MR) is 97.7 cm³/mol. The molecule has 10 nitrogen and oxygen atoms in total. The number of ether oxygens (including phenoxy) is 3. The van der Waals surface area contributed by atoms with Gasteiger partial charge in [0.2, 0.25) is 12.5 Å². The van der Waals surface area contributed by atoms with Crippen LogP contribution in [0.15, 0.2) is 36.4 Å². The molecule has 28 heavy (non-hydrogen) atoms. The predicted octanol–water partition coefficient (Wildman–Crippen LogP) is 2.07. The van der Waals surface area contributed by atoms with Gasteiger partial charge in [0, 0.05) is 23.7 Å². The lowest BCUT2D eigenvalue weighted by molar-refractivity contribution is 0.171. The maximum Gasteiger partial charge on any atom is 0.231 e. The van der Waals surface area contributed by atoms with E-state index in [9.17, 15) is 0 Å². The molecule has 0 radical (unpaired) electrons. The van der Waals surface area contributed by atoms with Crippen LogP contribution in [0.4, 0.5) is 0 Å². The van der Waals surface area contributed by atoms with Crippen molar-refractivity contribution in [2.75, 3.05) is 13.9 Å². The Kier molecular flexibility index (Phi) is 3.68. The second-order valence-corrected chi connectivity index (χ2v) is 6.14. The van der Waals surface area contributed by atoms with Gasteiger partial charge in [0.1, 0.15) is 11.4 Å². The van der Waals surface area contributed by atoms with Crippen LogP contribution < -0.4 is 14.2 Å². The minimum absolute atomic E-state index is 0.166. The summed E-state index contributed by atoms with van der Waals surface area (Å²) < 4.78 is 18.0. The minimum atomic E-state index is 0.166. The van der Waals surface area contributed by atoms with Crippen molar-refractivity contribution < 1.29 is 14.2 Å². The lowest BCUT2D eigenvalue weighted by Crippen LogP contribution is -1.94. The van der Waals surface area contributed by atoms with E-state index in [0.717, 1.165) is 16.7 Å². The van der Waals surface area contributed by atoms with Crippen LogP contribution in [0.2, 0.25) is 0 Å². The van der Waals surface area contributed by atoms with Gasteiger partial charge < -0.3 is 14.2 Å². The number of nitrogens with one attached hydrogen (secondary N) is 1. The van der Waals surface area contributed by atoms with E-state index in [0.29, 0.717) is 34.5 Å². The molecule has 2 aromatic heterocycles. The van der Waals surface area contributed by atoms with Crippen LogP contribution in [0.25, 0.3) is 33.9 Å². The first-order valence-electron chi connectivity index (χ1n) is 8.46. The van der Waals surface area contributed by atoms with E-state index < -0.39 is 0 Å². The largest absolute Gasteiger partial charge is 0.493 e. The Hall–Kier alpha value is -3.95. The SMILES string of the molecule is COc1cc(-c2n[nH]nc2-c2ccc(-c3nnnn3C)cc2)cc2c1OCO2. The molecule has 0 aliphatic carbocycles. The van der Waals surface area contributed by atoms with Crippen molar-refractivity contribution in [1.82, 2.24) is 35.6 Å². The number of H-pyrrole nitrogens is 1. The normalized spacial score (nSPS) is 12.4. The second-order valence-electron chi connectivity index (χ2n) is 6.14. The highest BCUT2D eigenvalue weighted by molar-refractivity contribution is 5.81. The van der Waals surface area contributed by atoms with Gasteiger partial charge in [-0.25, -0.2) is 4.68 Å². The number of aryl methyl sites for hydroxylation is 1. The van der Waals surface area contributed by atoms with Crippen LogP contribution in [-0.4, -0.2) is 49.5 Å². The molecular weight excluding hydrogens is 362 g/mol. The van der Waals surface area contributed by atoms with Crippen LogP contribution in [0, 0.1) is 0 Å². The fraction of sp³-hybridized carbons (Fsp3) is 0.167. The third-order valence-corrected chi connectivity index (χ3v) is 4.52. The van der Waals surface area contributed by atoms with E-state index in [1.807, 2.05) is 36.4 Å². The maximum absolute atomic E-state index is 5.51. The summed E-state index contributed by atoms with van der Waals surface area (Å²) in [6.07, 6.45) is 0. The molecule has 0 amide bonds. The molecule has 1 N–H and O–H groups in total. The molecule has 0 bridgehead atoms. The van der Waals surface area contributed by atoms with Gasteiger partial charge in [-0.2, -0.15) is 15.4 Å². The van der Waals surface area contributed by atoms with E-state index >= 15 is 0 Å². The van der Waals surface area contributed by atoms with Gasteiger partial charge in [0.15, 0.2) is 17.3 Å². The van der Waals surface area contributed by atoms with E-state index in [2.05, 4.69) is 30.9 Å². The third-order valence-electron chi connectivity index (χ3n) is 4.52. The topological polar surface area (TPSA) is 113 Å². The van der Waals surface area contributed by atoms with Crippen LogP contribution in [-0.2, 0) is 7.05 Å². The van der Waals surface area contributed by atoms with Crippen molar-refractivity contribution in [3.8, 4) is 51.2 Å². The molecule has 0 fully saturated rings. The molecule has 0 unspecified atom stereocenters. The molecule has 0 saturated carbocycles. The van der Waals surface area contributed by atoms with E-state index in [4.69, 9.17) is 14.2 Å². The Morgan fingerprint density at radius 1 is 1.00 bits per heavy atom. The van der Waals surface area contributed by atoms with Crippen molar-refractivity contribution in [2.24, 2.45) is 7.05 Å². The van der Waals surface area contributed by atoms with E-state index in [-0.39, 0.29) is 6.79 Å². The van der Waals surface area contributed by atoms with Crippen LogP contribution >= 0.6 is 0 Å². The third kappa shape index (κ3) is 2.54. The average molecular weight is 377 g/mol. The van der Waals surface area contributed by atoms with Gasteiger partial charge in [0.05, 0.1) is 7.11 Å². The number of methoxy groups -OCH3 is 1. The first-order chi connectivity index (χ1) is 13.7. The Morgan fingerprint density at radius 3 is 2.46 bits per heavy atom. The average Bonchev–Trinajstić information content (AvgIpc) is 3.47. The molecule has 0 spiro atoms. The molecule has 4 aromatic rings. The summed E-state index contributed by atoms with van der Waals surface area (Å²) >= 11 is 0. The highest BCUT2D eigenvalue weighted by atomic mass is 16.7. The van der Waals surface area contributed by atoms with Crippen molar-refractivity contribution >= 4 is 0 Å². The first kappa shape index (κ1) is 16.2. The number of tetrazole rings is 1. The molecular formula is C18H15N7O3. The Bertz CT molecular complexity index is 1150. The summed E-state index contributed by atoms with van der Waals surface area (Å²) in [5.74, 6) is 2.49.